The molecule has 0 saturated heterocycles. The van der Waals surface area contributed by atoms with E-state index in [-0.39, 0.29) is 25.0 Å². The van der Waals surface area contributed by atoms with Gasteiger partial charge in [-0.15, -0.1) is 0 Å². The summed E-state index contributed by atoms with van der Waals surface area (Å²) in [6.07, 6.45) is 29.6. The summed E-state index contributed by atoms with van der Waals surface area (Å²) in [4.78, 5) is 33.1. The SMILES string of the molecule is CCCCc1ccc(N(c2ccc(/C=C/c3ccnc(-c4cc(/C=C/c5ccc(N(c6ccc(CCCC)cc6)c6ccc(CCCC)cc6)cc5)ccn4)c3)cc2)c2ccc(CCCC)cc2)cc1.O=C(O)c1ccnc(-c2ccccn2)c1.[N-]=C=S.[N-]=C=S.[Ru+2]. The maximum atomic E-state index is 10.7. The second kappa shape index (κ2) is 39.7. The van der Waals surface area contributed by atoms with Crippen LogP contribution in [0.4, 0.5) is 34.1 Å². The molecular weight excluding hydrogens is 1260 g/mol. The van der Waals surface area contributed by atoms with Gasteiger partial charge in [0.1, 0.15) is 0 Å². The number of rotatable bonds is 25. The van der Waals surface area contributed by atoms with E-state index in [9.17, 15) is 4.79 Å². The number of aromatic nitrogens is 4. The number of hydrogen-bond donors (Lipinski definition) is 1. The molecule has 1 N–H and O–H groups in total. The first-order chi connectivity index (χ1) is 44.6. The van der Waals surface area contributed by atoms with Gasteiger partial charge in [-0.25, -0.2) is 4.79 Å². The van der Waals surface area contributed by atoms with Crippen molar-refractivity contribution < 1.29 is 29.4 Å². The maximum absolute atomic E-state index is 10.7. The molecule has 0 aliphatic heterocycles. The van der Waals surface area contributed by atoms with E-state index < -0.39 is 5.97 Å². The predicted octanol–water partition coefficient (Wildman–Crippen LogP) is 22.0. The molecule has 10 rings (SSSR count). The number of aryl methyl sites for hydroxylation is 4. The molecule has 6 aromatic carbocycles. The van der Waals surface area contributed by atoms with E-state index >= 15 is 0 Å². The van der Waals surface area contributed by atoms with Crippen LogP contribution < -0.4 is 9.80 Å². The van der Waals surface area contributed by atoms with E-state index in [0.29, 0.717) is 11.4 Å². The Morgan fingerprint density at radius 3 is 0.967 bits per heavy atom. The van der Waals surface area contributed by atoms with Crippen LogP contribution in [0, 0.1) is 0 Å². The van der Waals surface area contributed by atoms with E-state index in [2.05, 4.69) is 254 Å². The van der Waals surface area contributed by atoms with Crippen molar-refractivity contribution >= 4 is 99.2 Å². The van der Waals surface area contributed by atoms with E-state index in [0.717, 1.165) is 93.4 Å². The standard InChI is InChI=1S/C66H70N4.C11H8N2O2.2CNS.Ru/c1-5-9-13-51-21-33-59(34-22-51)69(60-35-23-52(24-36-60)14-10-6-2)63-41-29-55(30-42-63)17-19-57-45-47-67-65(49-57)66-50-58(46-48-68-66)20-18-56-31-43-64(44-32-56)70(61-37-25-53(26-38-61)15-11-7-3)62-39-27-54(28-40-62)16-12-8-4;14-11(15)8-4-6-13-10(7-8)9-3-1-2-5-12-9;2*2-1-3;/h17-50H,5-16H2,1-4H3;1-7H,(H,14,15);;;/q;;2*-1;+2/b19-17+,20-18+;;;;. The molecule has 0 amide bonds. The summed E-state index contributed by atoms with van der Waals surface area (Å²) in [7, 11) is 0. The quantitative estimate of drug-likeness (QED) is 0.0334. The van der Waals surface area contributed by atoms with Crippen LogP contribution in [0.25, 0.3) is 57.9 Å². The largest absolute Gasteiger partial charge is 2.00 e. The monoisotopic (exact) mass is 1340 g/mol. The van der Waals surface area contributed by atoms with Gasteiger partial charge in [-0.05, 0) is 217 Å². The van der Waals surface area contributed by atoms with Crippen LogP contribution in [0.2, 0.25) is 0 Å². The van der Waals surface area contributed by atoms with Crippen molar-refractivity contribution in [2.24, 2.45) is 0 Å². The van der Waals surface area contributed by atoms with E-state index in [1.165, 1.54) is 102 Å². The van der Waals surface area contributed by atoms with Crippen molar-refractivity contribution in [2.75, 3.05) is 9.80 Å². The summed E-state index contributed by atoms with van der Waals surface area (Å²) in [5, 5.41) is 25.7. The molecule has 466 valence electrons. The van der Waals surface area contributed by atoms with Crippen LogP contribution in [0.1, 0.15) is 134 Å². The topological polar surface area (TPSA) is 140 Å². The first-order valence-corrected chi connectivity index (χ1v) is 32.0. The molecule has 10 nitrogen and oxygen atoms in total. The summed E-state index contributed by atoms with van der Waals surface area (Å²) >= 11 is 7.40. The summed E-state index contributed by atoms with van der Waals surface area (Å²) in [6, 6.07) is 70.8. The van der Waals surface area contributed by atoms with Gasteiger partial charge in [-0.3, -0.25) is 19.9 Å². The van der Waals surface area contributed by atoms with Crippen LogP contribution >= 0.6 is 24.4 Å². The van der Waals surface area contributed by atoms with Gasteiger partial charge in [-0.2, -0.15) is 10.3 Å². The minimum atomic E-state index is -0.963. The second-order valence-electron chi connectivity index (χ2n) is 21.7. The molecule has 0 saturated carbocycles. The number of nitrogens with zero attached hydrogens (tertiary/aromatic N) is 8. The van der Waals surface area contributed by atoms with Crippen molar-refractivity contribution in [3.8, 4) is 22.8 Å². The van der Waals surface area contributed by atoms with E-state index in [1.54, 1.807) is 18.3 Å². The average Bonchev–Trinajstić information content (AvgIpc) is 0.951. The number of benzene rings is 6. The number of isothiocyanates is 2. The molecular formula is C79H78N8O2RuS2. The molecule has 0 aliphatic carbocycles. The van der Waals surface area contributed by atoms with Gasteiger partial charge in [0.05, 0.1) is 28.3 Å². The van der Waals surface area contributed by atoms with Gasteiger partial charge in [0.2, 0.25) is 0 Å². The Balaban J connectivity index is 0.000000520. The molecule has 0 unspecified atom stereocenters. The smallest absolute Gasteiger partial charge is 0.753 e. The fraction of sp³-hybridized carbons (Fsp3) is 0.203. The van der Waals surface area contributed by atoms with Gasteiger partial charge in [0, 0.05) is 58.9 Å². The fourth-order valence-electron chi connectivity index (χ4n) is 10.1. The van der Waals surface area contributed by atoms with Crippen LogP contribution in [0.3, 0.4) is 0 Å². The normalized spacial score (nSPS) is 10.5. The van der Waals surface area contributed by atoms with E-state index in [1.807, 2.05) is 30.6 Å². The van der Waals surface area contributed by atoms with Gasteiger partial charge in [0.15, 0.2) is 0 Å². The van der Waals surface area contributed by atoms with E-state index in [4.69, 9.17) is 25.9 Å². The van der Waals surface area contributed by atoms with Crippen LogP contribution in [0.5, 0.6) is 0 Å². The Bertz CT molecular complexity index is 3630. The number of anilines is 6. The number of unbranched alkanes of at least 4 members (excludes halogenated alkanes) is 4. The molecule has 0 radical (unpaired) electrons. The Hall–Kier alpha value is -9.31. The first-order valence-electron chi connectivity index (χ1n) is 31.2. The number of pyridine rings is 4. The summed E-state index contributed by atoms with van der Waals surface area (Å²) in [6.45, 7) is 9.01. The predicted molar refractivity (Wildman–Crippen MR) is 388 cm³/mol. The van der Waals surface area contributed by atoms with Crippen LogP contribution in [-0.4, -0.2) is 41.3 Å². The van der Waals surface area contributed by atoms with Gasteiger partial charge in [0.25, 0.3) is 0 Å². The zero-order valence-electron chi connectivity index (χ0n) is 52.8. The van der Waals surface area contributed by atoms with Gasteiger partial charge in [-0.1, -0.05) is 181 Å². The number of carbonyl (C=O) groups is 1. The van der Waals surface area contributed by atoms with Crippen molar-refractivity contribution in [3.05, 3.63) is 286 Å². The van der Waals surface area contributed by atoms with Crippen molar-refractivity contribution in [3.63, 3.8) is 0 Å². The van der Waals surface area contributed by atoms with Gasteiger partial charge < -0.3 is 25.7 Å². The average molecular weight is 1340 g/mol. The minimum Gasteiger partial charge on any atom is -0.753 e. The van der Waals surface area contributed by atoms with Crippen molar-refractivity contribution in [1.29, 1.82) is 0 Å². The number of hydrogen-bond acceptors (Lipinski definition) is 9. The maximum Gasteiger partial charge on any atom is 2.00 e. The second-order valence-corrected chi connectivity index (χ2v) is 22.0. The van der Waals surface area contributed by atoms with Crippen molar-refractivity contribution in [2.45, 2.75) is 105 Å². The van der Waals surface area contributed by atoms with Crippen LogP contribution in [0.15, 0.2) is 225 Å². The molecule has 0 bridgehead atoms. The fourth-order valence-corrected chi connectivity index (χ4v) is 10.1. The Morgan fingerprint density at radius 1 is 0.391 bits per heavy atom. The Labute approximate surface area is 567 Å². The molecule has 10 aromatic rings. The molecule has 0 spiro atoms. The number of carboxylic acids is 1. The summed E-state index contributed by atoms with van der Waals surface area (Å²) in [5.74, 6) is -0.963. The molecule has 4 heterocycles. The minimum absolute atomic E-state index is 0. The molecule has 4 aromatic heterocycles. The number of carboxylic acid groups (broad SMARTS) is 1. The number of aromatic carboxylic acids is 1. The zero-order chi connectivity index (χ0) is 64.4. The van der Waals surface area contributed by atoms with Gasteiger partial charge >= 0.3 is 25.4 Å². The molecule has 0 aliphatic rings. The van der Waals surface area contributed by atoms with Crippen molar-refractivity contribution in [1.82, 2.24) is 19.9 Å². The molecule has 0 fully saturated rings. The summed E-state index contributed by atoms with van der Waals surface area (Å²) in [5.41, 5.74) is 20.0. The Morgan fingerprint density at radius 2 is 0.674 bits per heavy atom. The third kappa shape index (κ3) is 22.6. The first kappa shape index (κ1) is 71.8. The zero-order valence-corrected chi connectivity index (χ0v) is 56.1. The van der Waals surface area contributed by atoms with Crippen LogP contribution in [-0.2, 0) is 45.2 Å². The molecule has 0 atom stereocenters. The third-order valence-corrected chi connectivity index (χ3v) is 15.1. The number of thiocarbonyl (C=S) groups is 2. The third-order valence-electron chi connectivity index (χ3n) is 15.1. The molecule has 13 heteroatoms. The summed E-state index contributed by atoms with van der Waals surface area (Å²) < 4.78 is 0. The Kier molecular flexibility index (Phi) is 31.0. The molecule has 92 heavy (non-hydrogen) atoms.